The van der Waals surface area contributed by atoms with E-state index in [0.29, 0.717) is 27.7 Å². The van der Waals surface area contributed by atoms with E-state index in [1.807, 2.05) is 0 Å². The molecule has 2 heterocycles. The second kappa shape index (κ2) is 8.83. The number of hydrogen-bond acceptors (Lipinski definition) is 6. The molecule has 1 atom stereocenters. The van der Waals surface area contributed by atoms with Crippen LogP contribution in [-0.4, -0.2) is 44.2 Å². The lowest BCUT2D eigenvalue weighted by Gasteiger charge is -2.07. The third kappa shape index (κ3) is 4.67. The zero-order valence-corrected chi connectivity index (χ0v) is 15.0. The van der Waals surface area contributed by atoms with Crippen molar-refractivity contribution in [1.82, 2.24) is 10.5 Å². The summed E-state index contributed by atoms with van der Waals surface area (Å²) in [7, 11) is 0. The molecule has 0 aliphatic heterocycles. The first-order valence-electron chi connectivity index (χ1n) is 8.42. The fraction of sp³-hybridized carbons (Fsp3) is 0.0952. The van der Waals surface area contributed by atoms with Crippen LogP contribution >= 0.6 is 0 Å². The Kier molecular flexibility index (Phi) is 6.03. The number of fused-ring (bicyclic) bond motifs is 1. The molecule has 1 aromatic carbocycles. The summed E-state index contributed by atoms with van der Waals surface area (Å²) in [6.45, 7) is -0.448. The molecule has 0 bridgehead atoms. The van der Waals surface area contributed by atoms with E-state index in [9.17, 15) is 10.0 Å². The lowest BCUT2D eigenvalue weighted by Crippen LogP contribution is -2.29. The van der Waals surface area contributed by atoms with E-state index in [0.717, 1.165) is 4.73 Å². The minimum atomic E-state index is -1.11. The number of carbonyl (C=O) groups is 1. The number of rotatable bonds is 3. The predicted octanol–water partition coefficient (Wildman–Crippen LogP) is 0.254. The Labute approximate surface area is 165 Å². The van der Waals surface area contributed by atoms with Gasteiger partial charge >= 0.3 is 0 Å². The Morgan fingerprint density at radius 3 is 2.66 bits per heavy atom. The van der Waals surface area contributed by atoms with Crippen LogP contribution in [0.5, 0.6) is 0 Å². The topological polar surface area (TPSA) is 127 Å². The highest BCUT2D eigenvalue weighted by atomic mass is 16.5. The molecule has 29 heavy (non-hydrogen) atoms. The molecule has 1 unspecified atom stereocenters. The molecular weight excluding hydrogens is 374 g/mol. The lowest BCUT2D eigenvalue weighted by molar-refractivity contribution is -0.904. The van der Waals surface area contributed by atoms with Crippen molar-refractivity contribution < 1.29 is 30.2 Å². The number of carbonyl (C=O) groups excluding carboxylic acids is 1. The number of aliphatic hydroxyl groups is 2. The molecule has 0 radical (unpaired) electrons. The number of pyridine rings is 2. The third-order valence-electron chi connectivity index (χ3n) is 3.94. The van der Waals surface area contributed by atoms with E-state index in [-0.39, 0.29) is 5.56 Å². The van der Waals surface area contributed by atoms with Crippen molar-refractivity contribution in [3.05, 3.63) is 59.9 Å². The van der Waals surface area contributed by atoms with Gasteiger partial charge in [-0.3, -0.25) is 15.2 Å². The summed E-state index contributed by atoms with van der Waals surface area (Å²) in [5.74, 6) is 9.50. The quantitative estimate of drug-likeness (QED) is 0.144. The number of benzene rings is 1. The van der Waals surface area contributed by atoms with Gasteiger partial charge in [0.15, 0.2) is 0 Å². The van der Waals surface area contributed by atoms with E-state index in [2.05, 4.69) is 28.7 Å². The highest BCUT2D eigenvalue weighted by molar-refractivity contribution is 6.06. The molecule has 144 valence electrons. The van der Waals surface area contributed by atoms with E-state index < -0.39 is 18.6 Å². The van der Waals surface area contributed by atoms with Crippen LogP contribution in [-0.2, 0) is 0 Å². The van der Waals surface area contributed by atoms with E-state index in [4.69, 9.17) is 15.4 Å². The Balaban J connectivity index is 1.96. The van der Waals surface area contributed by atoms with Crippen LogP contribution in [0.2, 0.25) is 0 Å². The third-order valence-corrected chi connectivity index (χ3v) is 3.94. The first-order valence-corrected chi connectivity index (χ1v) is 8.42. The van der Waals surface area contributed by atoms with Gasteiger partial charge in [-0.1, -0.05) is 24.0 Å². The van der Waals surface area contributed by atoms with Gasteiger partial charge < -0.3 is 10.2 Å². The van der Waals surface area contributed by atoms with Crippen molar-refractivity contribution in [3.8, 4) is 34.9 Å². The number of nitrogens with one attached hydrogen (secondary N) is 1. The zero-order chi connectivity index (χ0) is 20.8. The standard InChI is InChI=1S/C21H15N3O5/c25-13-16(26)4-2-1-3-14-5-7-15(8-6-14)20-11-17(21(27)23-28)18-12-24(29)10-9-19(18)22-20/h5-12,16,25-26H,13H2,(H2-,22,23,27,28,29)/p+1. The van der Waals surface area contributed by atoms with E-state index in [1.165, 1.54) is 18.5 Å². The van der Waals surface area contributed by atoms with Crippen LogP contribution in [0.3, 0.4) is 0 Å². The molecule has 1 amide bonds. The Hall–Kier alpha value is -3.95. The number of aromatic nitrogens is 2. The Morgan fingerprint density at radius 2 is 1.97 bits per heavy atom. The largest absolute Gasteiger partial charge is 0.393 e. The second-order valence-electron chi connectivity index (χ2n) is 5.91. The normalized spacial score (nSPS) is 11.0. The van der Waals surface area contributed by atoms with Crippen LogP contribution in [0.4, 0.5) is 0 Å². The molecule has 0 spiro atoms. The Bertz CT molecular complexity index is 1180. The number of nitrogens with zero attached hydrogens (tertiary/aromatic N) is 2. The Morgan fingerprint density at radius 1 is 1.21 bits per heavy atom. The van der Waals surface area contributed by atoms with Gasteiger partial charge in [0.2, 0.25) is 12.4 Å². The minimum Gasteiger partial charge on any atom is -0.393 e. The predicted molar refractivity (Wildman–Crippen MR) is 102 cm³/mol. The van der Waals surface area contributed by atoms with Crippen molar-refractivity contribution in [2.45, 2.75) is 6.10 Å². The van der Waals surface area contributed by atoms with Gasteiger partial charge in [-0.2, -0.15) is 0 Å². The van der Waals surface area contributed by atoms with Crippen LogP contribution < -0.4 is 10.2 Å². The summed E-state index contributed by atoms with van der Waals surface area (Å²) >= 11 is 0. The monoisotopic (exact) mass is 390 g/mol. The second-order valence-corrected chi connectivity index (χ2v) is 5.91. The summed E-state index contributed by atoms with van der Waals surface area (Å²) in [5, 5.41) is 36.8. The molecular formula is C21H16N3O5+. The molecule has 8 nitrogen and oxygen atoms in total. The summed E-state index contributed by atoms with van der Waals surface area (Å²) in [6.07, 6.45) is 1.59. The molecule has 3 rings (SSSR count). The SMILES string of the molecule is O=C(NO)c1cc(-c2ccc(C#CC#CC(O)CO)cc2)nc2cc[n+](O)cc12. The maximum absolute atomic E-state index is 12.0. The van der Waals surface area contributed by atoms with Crippen LogP contribution in [0.25, 0.3) is 22.2 Å². The average molecular weight is 390 g/mol. The maximum Gasteiger partial charge on any atom is 0.275 e. The van der Waals surface area contributed by atoms with Gasteiger partial charge in [0.05, 0.1) is 28.8 Å². The van der Waals surface area contributed by atoms with Crippen molar-refractivity contribution >= 4 is 16.8 Å². The van der Waals surface area contributed by atoms with Gasteiger partial charge in [0.1, 0.15) is 6.10 Å². The lowest BCUT2D eigenvalue weighted by atomic mass is 10.0. The van der Waals surface area contributed by atoms with Gasteiger partial charge in [-0.25, -0.2) is 10.5 Å². The van der Waals surface area contributed by atoms with Gasteiger partial charge in [-0.15, -0.1) is 0 Å². The fourth-order valence-corrected chi connectivity index (χ4v) is 2.55. The molecule has 0 aliphatic rings. The highest BCUT2D eigenvalue weighted by Crippen LogP contribution is 2.24. The van der Waals surface area contributed by atoms with Crippen molar-refractivity contribution in [2.24, 2.45) is 0 Å². The molecule has 0 saturated carbocycles. The van der Waals surface area contributed by atoms with Gasteiger partial charge in [0, 0.05) is 21.9 Å². The van der Waals surface area contributed by atoms with Crippen molar-refractivity contribution in [1.29, 1.82) is 0 Å². The smallest absolute Gasteiger partial charge is 0.275 e. The molecule has 5 N–H and O–H groups in total. The molecule has 3 aromatic rings. The fourth-order valence-electron chi connectivity index (χ4n) is 2.55. The van der Waals surface area contributed by atoms with E-state index in [1.54, 1.807) is 35.8 Å². The van der Waals surface area contributed by atoms with Crippen LogP contribution in [0.15, 0.2) is 48.8 Å². The first-order chi connectivity index (χ1) is 14.0. The molecule has 2 aromatic heterocycles. The van der Waals surface area contributed by atoms with Crippen molar-refractivity contribution in [3.63, 3.8) is 0 Å². The van der Waals surface area contributed by atoms with Gasteiger partial charge in [0.25, 0.3) is 5.91 Å². The average Bonchev–Trinajstić information content (AvgIpc) is 2.75. The minimum absolute atomic E-state index is 0.150. The van der Waals surface area contributed by atoms with E-state index >= 15 is 0 Å². The van der Waals surface area contributed by atoms with Gasteiger partial charge in [-0.05, 0) is 30.0 Å². The number of amides is 1. The molecule has 8 heteroatoms. The first kappa shape index (κ1) is 19.8. The van der Waals surface area contributed by atoms with Crippen LogP contribution in [0, 0.1) is 23.7 Å². The molecule has 0 aliphatic carbocycles. The summed E-state index contributed by atoms with van der Waals surface area (Å²) in [5.41, 5.74) is 4.11. The summed E-state index contributed by atoms with van der Waals surface area (Å²) in [6, 6.07) is 10.1. The molecule has 0 fully saturated rings. The molecule has 0 saturated heterocycles. The number of aliphatic hydroxyl groups excluding tert-OH is 2. The maximum atomic E-state index is 12.0. The highest BCUT2D eigenvalue weighted by Gasteiger charge is 2.16. The summed E-state index contributed by atoms with van der Waals surface area (Å²) < 4.78 is 0.799. The number of hydrogen-bond donors (Lipinski definition) is 5. The van der Waals surface area contributed by atoms with Crippen molar-refractivity contribution in [2.75, 3.05) is 6.61 Å². The zero-order valence-electron chi connectivity index (χ0n) is 15.0. The summed E-state index contributed by atoms with van der Waals surface area (Å²) in [4.78, 5) is 16.6. The van der Waals surface area contributed by atoms with Crippen LogP contribution in [0.1, 0.15) is 15.9 Å². The number of hydroxylamine groups is 1.